The summed E-state index contributed by atoms with van der Waals surface area (Å²) in [4.78, 5) is 18.4. The lowest BCUT2D eigenvalue weighted by Gasteiger charge is -2.39. The van der Waals surface area contributed by atoms with Gasteiger partial charge in [0.2, 0.25) is 0 Å². The van der Waals surface area contributed by atoms with E-state index >= 15 is 0 Å². The van der Waals surface area contributed by atoms with E-state index in [0.29, 0.717) is 12.0 Å². The van der Waals surface area contributed by atoms with Crippen molar-refractivity contribution in [3.8, 4) is 0 Å². The summed E-state index contributed by atoms with van der Waals surface area (Å²) in [5.74, 6) is 1.76. The van der Waals surface area contributed by atoms with Crippen LogP contribution >= 0.6 is 11.8 Å². The largest absolute Gasteiger partial charge is 0.469 e. The van der Waals surface area contributed by atoms with Gasteiger partial charge in [0.15, 0.2) is 0 Å². The number of fused-ring (bicyclic) bond motifs is 3. The van der Waals surface area contributed by atoms with Gasteiger partial charge in [-0.1, -0.05) is 19.1 Å². The summed E-state index contributed by atoms with van der Waals surface area (Å²) < 4.78 is 4.86. The number of hydrogen-bond donors (Lipinski definition) is 0. The first-order chi connectivity index (χ1) is 12.2. The van der Waals surface area contributed by atoms with Gasteiger partial charge >= 0.3 is 5.97 Å². The van der Waals surface area contributed by atoms with Crippen molar-refractivity contribution < 1.29 is 9.53 Å². The molecular weight excluding hydrogens is 332 g/mol. The summed E-state index contributed by atoms with van der Waals surface area (Å²) in [5.41, 5.74) is 3.09. The Morgan fingerprint density at radius 1 is 1.40 bits per heavy atom. The first kappa shape index (κ1) is 17.2. The maximum atomic E-state index is 11.6. The average molecular weight is 361 g/mol. The first-order valence-corrected chi connectivity index (χ1v) is 10.5. The van der Waals surface area contributed by atoms with Gasteiger partial charge in [-0.25, -0.2) is 0 Å². The molecule has 0 bridgehead atoms. The molecule has 0 radical (unpaired) electrons. The number of likely N-dealkylation sites (tertiary alicyclic amines) is 1. The van der Waals surface area contributed by atoms with Crippen LogP contribution in [0.1, 0.15) is 37.7 Å². The third kappa shape index (κ3) is 3.17. The fraction of sp³-hybridized carbons (Fsp3) is 0.650. The van der Waals surface area contributed by atoms with E-state index in [1.165, 1.54) is 42.8 Å². The van der Waals surface area contributed by atoms with Crippen LogP contribution in [0.2, 0.25) is 0 Å². The zero-order valence-corrected chi connectivity index (χ0v) is 16.1. The van der Waals surface area contributed by atoms with Gasteiger partial charge < -0.3 is 14.5 Å². The molecule has 3 heterocycles. The smallest absolute Gasteiger partial charge is 0.308 e. The number of benzene rings is 1. The lowest BCUT2D eigenvalue weighted by molar-refractivity contribution is -0.145. The molecule has 3 unspecified atom stereocenters. The molecule has 0 N–H and O–H groups in total. The zero-order chi connectivity index (χ0) is 17.4. The monoisotopic (exact) mass is 360 g/mol. The van der Waals surface area contributed by atoms with Gasteiger partial charge in [0.25, 0.3) is 0 Å². The number of carbonyl (C=O) groups excluding carboxylic acids is 1. The molecule has 4 nitrogen and oxygen atoms in total. The molecule has 1 saturated heterocycles. The molecule has 3 aliphatic rings. The second-order valence-corrected chi connectivity index (χ2v) is 8.70. The van der Waals surface area contributed by atoms with E-state index in [-0.39, 0.29) is 11.9 Å². The van der Waals surface area contributed by atoms with E-state index in [0.717, 1.165) is 26.1 Å². The van der Waals surface area contributed by atoms with Crippen LogP contribution in [0.25, 0.3) is 0 Å². The van der Waals surface area contributed by atoms with E-state index in [1.807, 2.05) is 18.7 Å². The molecule has 4 rings (SSSR count). The van der Waals surface area contributed by atoms with E-state index in [2.05, 4.69) is 28.0 Å². The van der Waals surface area contributed by atoms with E-state index < -0.39 is 0 Å². The highest BCUT2D eigenvalue weighted by Crippen LogP contribution is 2.50. The molecule has 5 heteroatoms. The maximum absolute atomic E-state index is 11.6. The van der Waals surface area contributed by atoms with Crippen LogP contribution in [0, 0.1) is 5.92 Å². The Morgan fingerprint density at radius 2 is 2.28 bits per heavy atom. The molecule has 0 aromatic heterocycles. The second-order valence-electron chi connectivity index (χ2n) is 7.57. The summed E-state index contributed by atoms with van der Waals surface area (Å²) in [5, 5.41) is 0. The number of piperidine rings is 1. The average Bonchev–Trinajstić information content (AvgIpc) is 2.80. The minimum Gasteiger partial charge on any atom is -0.469 e. The molecule has 1 fully saturated rings. The molecule has 3 aliphatic heterocycles. The topological polar surface area (TPSA) is 32.8 Å². The van der Waals surface area contributed by atoms with E-state index in [4.69, 9.17) is 4.74 Å². The Labute approximate surface area is 154 Å². The fourth-order valence-corrected chi connectivity index (χ4v) is 5.75. The molecule has 0 saturated carbocycles. The maximum Gasteiger partial charge on any atom is 0.308 e. The molecule has 0 aliphatic carbocycles. The SMILES string of the molecule is COC(=O)C(C)CCN1CCC2C(C1)c1cccc3c1N2CCCS3. The Hall–Kier alpha value is -1.20. The standard InChI is InChI=1S/C20H28N2O2S/c1-14(20(23)24-2)7-10-21-11-8-17-16(13-21)15-5-3-6-18-19(15)22(17)9-4-12-25-18/h3,5-6,14,16-17H,4,7-13H2,1-2H3. The highest BCUT2D eigenvalue weighted by atomic mass is 32.2. The van der Waals surface area contributed by atoms with Gasteiger partial charge in [0.05, 0.1) is 18.7 Å². The van der Waals surface area contributed by atoms with Crippen molar-refractivity contribution in [3.05, 3.63) is 23.8 Å². The molecule has 25 heavy (non-hydrogen) atoms. The Morgan fingerprint density at radius 3 is 3.12 bits per heavy atom. The van der Waals surface area contributed by atoms with Crippen LogP contribution in [0.15, 0.2) is 23.1 Å². The van der Waals surface area contributed by atoms with Crippen molar-refractivity contribution in [2.75, 3.05) is 43.9 Å². The Kier molecular flexibility index (Phi) is 4.96. The van der Waals surface area contributed by atoms with Crippen molar-refractivity contribution in [2.45, 2.75) is 43.0 Å². The molecule has 3 atom stereocenters. The van der Waals surface area contributed by atoms with Crippen molar-refractivity contribution in [2.24, 2.45) is 5.92 Å². The van der Waals surface area contributed by atoms with Gasteiger partial charge in [-0.3, -0.25) is 4.79 Å². The van der Waals surface area contributed by atoms with Crippen LogP contribution in [-0.4, -0.2) is 56.0 Å². The highest BCUT2D eigenvalue weighted by molar-refractivity contribution is 7.99. The summed E-state index contributed by atoms with van der Waals surface area (Å²) in [6, 6.07) is 7.56. The first-order valence-electron chi connectivity index (χ1n) is 9.51. The number of thioether (sulfide) groups is 1. The number of anilines is 1. The predicted molar refractivity (Wildman–Crippen MR) is 103 cm³/mol. The number of ether oxygens (including phenoxy) is 1. The van der Waals surface area contributed by atoms with Crippen LogP contribution in [0.5, 0.6) is 0 Å². The van der Waals surface area contributed by atoms with Crippen molar-refractivity contribution in [1.82, 2.24) is 4.90 Å². The fourth-order valence-electron chi connectivity index (χ4n) is 4.71. The van der Waals surface area contributed by atoms with Crippen molar-refractivity contribution >= 4 is 23.4 Å². The van der Waals surface area contributed by atoms with Crippen LogP contribution in [0.3, 0.4) is 0 Å². The van der Waals surface area contributed by atoms with Crippen LogP contribution in [-0.2, 0) is 9.53 Å². The van der Waals surface area contributed by atoms with Gasteiger partial charge in [-0.05, 0) is 43.2 Å². The van der Waals surface area contributed by atoms with Gasteiger partial charge in [-0.2, -0.15) is 0 Å². The van der Waals surface area contributed by atoms with Gasteiger partial charge in [-0.15, -0.1) is 11.8 Å². The predicted octanol–water partition coefficient (Wildman–Crippen LogP) is 3.36. The number of methoxy groups -OCH3 is 1. The van der Waals surface area contributed by atoms with Crippen molar-refractivity contribution in [3.63, 3.8) is 0 Å². The van der Waals surface area contributed by atoms with Gasteiger partial charge in [0.1, 0.15) is 0 Å². The normalized spacial score (nSPS) is 26.6. The Balaban J connectivity index is 1.48. The molecule has 0 amide bonds. The zero-order valence-electron chi connectivity index (χ0n) is 15.2. The Bertz CT molecular complexity index is 651. The highest BCUT2D eigenvalue weighted by Gasteiger charge is 2.43. The van der Waals surface area contributed by atoms with E-state index in [9.17, 15) is 4.79 Å². The molecule has 1 aromatic carbocycles. The van der Waals surface area contributed by atoms with Crippen LogP contribution in [0.4, 0.5) is 5.69 Å². The number of esters is 1. The number of hydrogen-bond acceptors (Lipinski definition) is 5. The number of para-hydroxylation sites is 1. The van der Waals surface area contributed by atoms with Gasteiger partial charge in [0, 0.05) is 36.5 Å². The lowest BCUT2D eigenvalue weighted by Crippen LogP contribution is -2.47. The number of rotatable bonds is 4. The lowest BCUT2D eigenvalue weighted by atomic mass is 9.88. The third-order valence-corrected chi connectivity index (χ3v) is 7.19. The quantitative estimate of drug-likeness (QED) is 0.769. The molecule has 1 aromatic rings. The number of carbonyl (C=O) groups is 1. The summed E-state index contributed by atoms with van der Waals surface area (Å²) in [6.07, 6.45) is 3.40. The molecule has 0 spiro atoms. The second kappa shape index (κ2) is 7.20. The van der Waals surface area contributed by atoms with E-state index in [1.54, 1.807) is 5.56 Å². The summed E-state index contributed by atoms with van der Waals surface area (Å²) >= 11 is 2.03. The summed E-state index contributed by atoms with van der Waals surface area (Å²) in [6.45, 7) is 6.43. The minimum atomic E-state index is -0.0870. The van der Waals surface area contributed by atoms with Crippen molar-refractivity contribution in [1.29, 1.82) is 0 Å². The third-order valence-electron chi connectivity index (χ3n) is 6.06. The molecular formula is C20H28N2O2S. The van der Waals surface area contributed by atoms with Crippen LogP contribution < -0.4 is 4.90 Å². The summed E-state index contributed by atoms with van der Waals surface area (Å²) in [7, 11) is 1.48. The minimum absolute atomic E-state index is 0.0105. The molecule has 136 valence electrons. The number of nitrogens with zero attached hydrogens (tertiary/aromatic N) is 2.